The third kappa shape index (κ3) is 5.22. The van der Waals surface area contributed by atoms with E-state index in [9.17, 15) is 0 Å². The SMILES string of the molecule is CCCCC(NCCC)c1cccc(CCC)c1. The number of hydrogen-bond acceptors (Lipinski definition) is 1. The van der Waals surface area contributed by atoms with Crippen LogP contribution < -0.4 is 5.32 Å². The zero-order chi connectivity index (χ0) is 13.2. The zero-order valence-electron chi connectivity index (χ0n) is 12.3. The van der Waals surface area contributed by atoms with Gasteiger partial charge in [-0.3, -0.25) is 0 Å². The third-order valence-corrected chi connectivity index (χ3v) is 3.38. The number of aryl methyl sites for hydroxylation is 1. The number of benzene rings is 1. The Kier molecular flexibility index (Phi) is 7.75. The monoisotopic (exact) mass is 247 g/mol. The molecule has 0 saturated carbocycles. The van der Waals surface area contributed by atoms with Crippen molar-refractivity contribution in [2.24, 2.45) is 0 Å². The van der Waals surface area contributed by atoms with Crippen molar-refractivity contribution in [3.63, 3.8) is 0 Å². The second-order valence-electron chi connectivity index (χ2n) is 5.14. The van der Waals surface area contributed by atoms with Crippen molar-refractivity contribution in [1.29, 1.82) is 0 Å². The van der Waals surface area contributed by atoms with Gasteiger partial charge in [-0.05, 0) is 36.9 Å². The lowest BCUT2D eigenvalue weighted by molar-refractivity contribution is 0.481. The van der Waals surface area contributed by atoms with E-state index >= 15 is 0 Å². The van der Waals surface area contributed by atoms with Gasteiger partial charge in [0.1, 0.15) is 0 Å². The van der Waals surface area contributed by atoms with Crippen molar-refractivity contribution >= 4 is 0 Å². The molecule has 0 bridgehead atoms. The largest absolute Gasteiger partial charge is 0.310 e. The fourth-order valence-electron chi connectivity index (χ4n) is 2.37. The molecule has 1 aromatic rings. The molecule has 0 aliphatic carbocycles. The van der Waals surface area contributed by atoms with Gasteiger partial charge in [0.25, 0.3) is 0 Å². The van der Waals surface area contributed by atoms with Crippen molar-refractivity contribution in [2.75, 3.05) is 6.54 Å². The smallest absolute Gasteiger partial charge is 0.0320 e. The highest BCUT2D eigenvalue weighted by Gasteiger charge is 2.10. The van der Waals surface area contributed by atoms with Crippen LogP contribution in [0.15, 0.2) is 24.3 Å². The standard InChI is InChI=1S/C17H29N/c1-4-7-12-17(18-13-6-3)16-11-8-10-15(14-16)9-5-2/h8,10-11,14,17-18H,4-7,9,12-13H2,1-3H3. The van der Waals surface area contributed by atoms with Crippen LogP contribution in [0.25, 0.3) is 0 Å². The topological polar surface area (TPSA) is 12.0 Å². The highest BCUT2D eigenvalue weighted by Crippen LogP contribution is 2.21. The summed E-state index contributed by atoms with van der Waals surface area (Å²) in [5.74, 6) is 0. The van der Waals surface area contributed by atoms with Crippen LogP contribution >= 0.6 is 0 Å². The van der Waals surface area contributed by atoms with E-state index < -0.39 is 0 Å². The summed E-state index contributed by atoms with van der Waals surface area (Å²) in [7, 11) is 0. The Bertz CT molecular complexity index is 311. The number of unbranched alkanes of at least 4 members (excludes halogenated alkanes) is 1. The van der Waals surface area contributed by atoms with Gasteiger partial charge in [-0.1, -0.05) is 64.3 Å². The summed E-state index contributed by atoms with van der Waals surface area (Å²) in [6.07, 6.45) is 7.47. The van der Waals surface area contributed by atoms with Crippen LogP contribution in [-0.2, 0) is 6.42 Å². The molecule has 102 valence electrons. The molecule has 1 atom stereocenters. The van der Waals surface area contributed by atoms with Crippen LogP contribution in [0.2, 0.25) is 0 Å². The minimum Gasteiger partial charge on any atom is -0.310 e. The Hall–Kier alpha value is -0.820. The molecular weight excluding hydrogens is 218 g/mol. The first-order chi connectivity index (χ1) is 8.81. The molecule has 0 aromatic heterocycles. The molecule has 0 amide bonds. The van der Waals surface area contributed by atoms with Crippen LogP contribution in [0, 0.1) is 0 Å². The number of hydrogen-bond donors (Lipinski definition) is 1. The third-order valence-electron chi connectivity index (χ3n) is 3.38. The lowest BCUT2D eigenvalue weighted by atomic mass is 9.98. The van der Waals surface area contributed by atoms with Crippen LogP contribution in [0.5, 0.6) is 0 Å². The molecule has 1 heteroatoms. The van der Waals surface area contributed by atoms with E-state index in [1.165, 1.54) is 49.7 Å². The number of rotatable bonds is 9. The molecule has 1 unspecified atom stereocenters. The predicted octanol–water partition coefficient (Wildman–Crippen LogP) is 4.87. The highest BCUT2D eigenvalue weighted by atomic mass is 14.9. The fourth-order valence-corrected chi connectivity index (χ4v) is 2.37. The maximum absolute atomic E-state index is 3.69. The Morgan fingerprint density at radius 1 is 1.06 bits per heavy atom. The molecule has 1 N–H and O–H groups in total. The molecule has 0 saturated heterocycles. The Labute approximate surface area is 113 Å². The van der Waals surface area contributed by atoms with Crippen molar-refractivity contribution in [2.45, 2.75) is 65.3 Å². The fraction of sp³-hybridized carbons (Fsp3) is 0.647. The zero-order valence-corrected chi connectivity index (χ0v) is 12.3. The van der Waals surface area contributed by atoms with Crippen LogP contribution in [0.3, 0.4) is 0 Å². The summed E-state index contributed by atoms with van der Waals surface area (Å²) in [5.41, 5.74) is 2.96. The molecule has 1 nitrogen and oxygen atoms in total. The van der Waals surface area contributed by atoms with E-state index in [2.05, 4.69) is 50.4 Å². The van der Waals surface area contributed by atoms with Gasteiger partial charge < -0.3 is 5.32 Å². The Balaban J connectivity index is 2.72. The highest BCUT2D eigenvalue weighted by molar-refractivity contribution is 5.26. The van der Waals surface area contributed by atoms with Gasteiger partial charge in [0, 0.05) is 6.04 Å². The van der Waals surface area contributed by atoms with E-state index in [-0.39, 0.29) is 0 Å². The van der Waals surface area contributed by atoms with E-state index in [1.807, 2.05) is 0 Å². The second-order valence-corrected chi connectivity index (χ2v) is 5.14. The van der Waals surface area contributed by atoms with E-state index in [0.29, 0.717) is 6.04 Å². The van der Waals surface area contributed by atoms with Crippen molar-refractivity contribution < 1.29 is 0 Å². The quantitative estimate of drug-likeness (QED) is 0.656. The lowest BCUT2D eigenvalue weighted by Crippen LogP contribution is -2.22. The minimum absolute atomic E-state index is 0.543. The molecule has 0 radical (unpaired) electrons. The normalized spacial score (nSPS) is 12.6. The van der Waals surface area contributed by atoms with Gasteiger partial charge in [0.2, 0.25) is 0 Å². The summed E-state index contributed by atoms with van der Waals surface area (Å²) >= 11 is 0. The maximum atomic E-state index is 3.69. The lowest BCUT2D eigenvalue weighted by Gasteiger charge is -2.19. The minimum atomic E-state index is 0.543. The van der Waals surface area contributed by atoms with Crippen molar-refractivity contribution in [1.82, 2.24) is 5.32 Å². The summed E-state index contributed by atoms with van der Waals surface area (Å²) in [5, 5.41) is 3.69. The van der Waals surface area contributed by atoms with Gasteiger partial charge in [-0.2, -0.15) is 0 Å². The van der Waals surface area contributed by atoms with Crippen LogP contribution in [0.4, 0.5) is 0 Å². The van der Waals surface area contributed by atoms with Crippen molar-refractivity contribution in [3.05, 3.63) is 35.4 Å². The molecule has 0 aliphatic heterocycles. The molecule has 0 aliphatic rings. The summed E-state index contributed by atoms with van der Waals surface area (Å²) in [4.78, 5) is 0. The van der Waals surface area contributed by atoms with E-state index in [1.54, 1.807) is 0 Å². The average molecular weight is 247 g/mol. The van der Waals surface area contributed by atoms with Gasteiger partial charge in [-0.15, -0.1) is 0 Å². The molecule has 18 heavy (non-hydrogen) atoms. The molecule has 1 aromatic carbocycles. The summed E-state index contributed by atoms with van der Waals surface area (Å²) in [6, 6.07) is 9.69. The average Bonchev–Trinajstić information content (AvgIpc) is 2.40. The predicted molar refractivity (Wildman–Crippen MR) is 81.0 cm³/mol. The van der Waals surface area contributed by atoms with Crippen LogP contribution in [0.1, 0.15) is 70.0 Å². The molecule has 0 heterocycles. The maximum Gasteiger partial charge on any atom is 0.0320 e. The first kappa shape index (κ1) is 15.2. The van der Waals surface area contributed by atoms with E-state index in [4.69, 9.17) is 0 Å². The van der Waals surface area contributed by atoms with Crippen LogP contribution in [-0.4, -0.2) is 6.54 Å². The van der Waals surface area contributed by atoms with Gasteiger partial charge in [0.05, 0.1) is 0 Å². The molecule has 0 spiro atoms. The van der Waals surface area contributed by atoms with Gasteiger partial charge in [-0.25, -0.2) is 0 Å². The second kappa shape index (κ2) is 9.16. The van der Waals surface area contributed by atoms with Gasteiger partial charge in [0.15, 0.2) is 0 Å². The molecular formula is C17H29N. The summed E-state index contributed by atoms with van der Waals surface area (Å²) in [6.45, 7) is 7.87. The Morgan fingerprint density at radius 2 is 1.89 bits per heavy atom. The first-order valence-electron chi connectivity index (χ1n) is 7.64. The molecule has 1 rings (SSSR count). The Morgan fingerprint density at radius 3 is 2.56 bits per heavy atom. The summed E-state index contributed by atoms with van der Waals surface area (Å²) < 4.78 is 0. The first-order valence-corrected chi connectivity index (χ1v) is 7.64. The van der Waals surface area contributed by atoms with Gasteiger partial charge >= 0.3 is 0 Å². The number of nitrogens with one attached hydrogen (secondary N) is 1. The molecule has 0 fully saturated rings. The van der Waals surface area contributed by atoms with Crippen molar-refractivity contribution in [3.8, 4) is 0 Å². The van der Waals surface area contributed by atoms with E-state index in [0.717, 1.165) is 6.54 Å².